The lowest BCUT2D eigenvalue weighted by Crippen LogP contribution is -1.98. The predicted octanol–water partition coefficient (Wildman–Crippen LogP) is 0.429. The summed E-state index contributed by atoms with van der Waals surface area (Å²) in [6, 6.07) is 3.53. The molecule has 0 unspecified atom stereocenters. The van der Waals surface area contributed by atoms with E-state index in [-0.39, 0.29) is 6.61 Å². The molecule has 11 heavy (non-hydrogen) atoms. The Hall–Kier alpha value is -1.22. The van der Waals surface area contributed by atoms with Crippen molar-refractivity contribution < 1.29 is 9.90 Å². The highest BCUT2D eigenvalue weighted by atomic mass is 16.3. The van der Waals surface area contributed by atoms with Gasteiger partial charge in [0.05, 0.1) is 0 Å². The summed E-state index contributed by atoms with van der Waals surface area (Å²) >= 11 is 0. The van der Waals surface area contributed by atoms with E-state index in [4.69, 9.17) is 5.11 Å². The van der Waals surface area contributed by atoms with E-state index < -0.39 is 0 Å². The molecule has 0 bridgehead atoms. The van der Waals surface area contributed by atoms with Crippen LogP contribution in [0.2, 0.25) is 0 Å². The molecular weight excluding hydrogens is 142 g/mol. The molecule has 1 rings (SSSR count). The molecule has 0 saturated heterocycles. The monoisotopic (exact) mass is 151 g/mol. The third-order valence-electron chi connectivity index (χ3n) is 1.42. The van der Waals surface area contributed by atoms with Crippen LogP contribution in [0.5, 0.6) is 0 Å². The van der Waals surface area contributed by atoms with Gasteiger partial charge >= 0.3 is 0 Å². The maximum Gasteiger partial charge on any atom is 0.168 e. The van der Waals surface area contributed by atoms with Crippen LogP contribution in [0.4, 0.5) is 0 Å². The van der Waals surface area contributed by atoms with E-state index >= 15 is 0 Å². The van der Waals surface area contributed by atoms with Crippen molar-refractivity contribution >= 4 is 6.29 Å². The highest BCUT2D eigenvalue weighted by Gasteiger charge is 1.99. The molecule has 3 nitrogen and oxygen atoms in total. The third-order valence-corrected chi connectivity index (χ3v) is 1.42. The zero-order valence-electron chi connectivity index (χ0n) is 6.03. The molecule has 1 heterocycles. The molecule has 3 heteroatoms. The summed E-state index contributed by atoms with van der Waals surface area (Å²) in [5, 5.41) is 8.60. The molecule has 0 radical (unpaired) electrons. The SMILES string of the molecule is O=Cc1ncccc1CCO. The van der Waals surface area contributed by atoms with Crippen LogP contribution in [0.25, 0.3) is 0 Å². The van der Waals surface area contributed by atoms with Crippen molar-refractivity contribution in [1.82, 2.24) is 4.98 Å². The number of aromatic nitrogens is 1. The van der Waals surface area contributed by atoms with Crippen molar-refractivity contribution in [3.63, 3.8) is 0 Å². The average Bonchev–Trinajstić information content (AvgIpc) is 2.06. The molecule has 1 aromatic rings. The van der Waals surface area contributed by atoms with Gasteiger partial charge in [-0.1, -0.05) is 6.07 Å². The Labute approximate surface area is 64.7 Å². The first kappa shape index (κ1) is 7.88. The minimum Gasteiger partial charge on any atom is -0.396 e. The van der Waals surface area contributed by atoms with Crippen molar-refractivity contribution in [3.8, 4) is 0 Å². The summed E-state index contributed by atoms with van der Waals surface area (Å²) in [6.07, 6.45) is 2.75. The fourth-order valence-corrected chi connectivity index (χ4v) is 0.889. The lowest BCUT2D eigenvalue weighted by atomic mass is 10.1. The van der Waals surface area contributed by atoms with Crippen molar-refractivity contribution in [3.05, 3.63) is 29.6 Å². The maximum atomic E-state index is 10.4. The van der Waals surface area contributed by atoms with Crippen LogP contribution < -0.4 is 0 Å². The van der Waals surface area contributed by atoms with Crippen LogP contribution in [-0.2, 0) is 6.42 Å². The van der Waals surface area contributed by atoms with Gasteiger partial charge in [-0.2, -0.15) is 0 Å². The first-order valence-electron chi connectivity index (χ1n) is 3.38. The Morgan fingerprint density at radius 3 is 3.09 bits per heavy atom. The van der Waals surface area contributed by atoms with Gasteiger partial charge in [0.1, 0.15) is 5.69 Å². The number of aliphatic hydroxyl groups excluding tert-OH is 1. The van der Waals surface area contributed by atoms with Gasteiger partial charge in [0.25, 0.3) is 0 Å². The van der Waals surface area contributed by atoms with Crippen molar-refractivity contribution in [1.29, 1.82) is 0 Å². The molecule has 0 spiro atoms. The summed E-state index contributed by atoms with van der Waals surface area (Å²) in [5.74, 6) is 0. The Morgan fingerprint density at radius 2 is 2.45 bits per heavy atom. The number of hydrogen-bond acceptors (Lipinski definition) is 3. The molecule has 0 fully saturated rings. The standard InChI is InChI=1S/C8H9NO2/c10-5-3-7-2-1-4-9-8(7)6-11/h1-2,4,6,10H,3,5H2. The van der Waals surface area contributed by atoms with E-state index in [1.54, 1.807) is 18.3 Å². The Bertz CT molecular complexity index is 248. The Morgan fingerprint density at radius 1 is 1.64 bits per heavy atom. The second-order valence-corrected chi connectivity index (χ2v) is 2.14. The summed E-state index contributed by atoms with van der Waals surface area (Å²) in [7, 11) is 0. The van der Waals surface area contributed by atoms with Gasteiger partial charge in [0.15, 0.2) is 6.29 Å². The molecule has 58 valence electrons. The highest BCUT2D eigenvalue weighted by Crippen LogP contribution is 2.02. The third kappa shape index (κ3) is 1.85. The van der Waals surface area contributed by atoms with Crippen molar-refractivity contribution in [2.75, 3.05) is 6.61 Å². The van der Waals surface area contributed by atoms with Gasteiger partial charge in [0, 0.05) is 12.8 Å². The lowest BCUT2D eigenvalue weighted by molar-refractivity contribution is 0.111. The van der Waals surface area contributed by atoms with E-state index in [9.17, 15) is 4.79 Å². The van der Waals surface area contributed by atoms with Crippen molar-refractivity contribution in [2.24, 2.45) is 0 Å². The number of nitrogens with zero attached hydrogens (tertiary/aromatic N) is 1. The summed E-state index contributed by atoms with van der Waals surface area (Å²) in [5.41, 5.74) is 1.21. The Balaban J connectivity index is 2.92. The lowest BCUT2D eigenvalue weighted by Gasteiger charge is -1.98. The number of rotatable bonds is 3. The fraction of sp³-hybridized carbons (Fsp3) is 0.250. The number of aldehydes is 1. The summed E-state index contributed by atoms with van der Waals surface area (Å²) < 4.78 is 0. The number of carbonyl (C=O) groups excluding carboxylic acids is 1. The first-order chi connectivity index (χ1) is 5.38. The van der Waals surface area contributed by atoms with Gasteiger partial charge < -0.3 is 5.11 Å². The first-order valence-corrected chi connectivity index (χ1v) is 3.38. The molecule has 0 saturated carbocycles. The van der Waals surface area contributed by atoms with Crippen LogP contribution in [0, 0.1) is 0 Å². The topological polar surface area (TPSA) is 50.2 Å². The van der Waals surface area contributed by atoms with Gasteiger partial charge in [-0.25, -0.2) is 0 Å². The molecular formula is C8H9NO2. The summed E-state index contributed by atoms with van der Waals surface area (Å²) in [6.45, 7) is 0.0481. The maximum absolute atomic E-state index is 10.4. The van der Waals surface area contributed by atoms with E-state index in [0.717, 1.165) is 5.56 Å². The zero-order chi connectivity index (χ0) is 8.10. The normalized spacial score (nSPS) is 9.55. The smallest absolute Gasteiger partial charge is 0.168 e. The van der Waals surface area contributed by atoms with Crippen LogP contribution in [0.3, 0.4) is 0 Å². The quantitative estimate of drug-likeness (QED) is 0.637. The minimum absolute atomic E-state index is 0.0481. The molecule has 1 N–H and O–H groups in total. The molecule has 0 aliphatic heterocycles. The van der Waals surface area contributed by atoms with Gasteiger partial charge in [-0.15, -0.1) is 0 Å². The number of aliphatic hydroxyl groups is 1. The predicted molar refractivity (Wildman–Crippen MR) is 40.4 cm³/mol. The van der Waals surface area contributed by atoms with E-state index in [0.29, 0.717) is 18.4 Å². The van der Waals surface area contributed by atoms with E-state index in [2.05, 4.69) is 4.98 Å². The average molecular weight is 151 g/mol. The number of hydrogen-bond donors (Lipinski definition) is 1. The summed E-state index contributed by atoms with van der Waals surface area (Å²) in [4.78, 5) is 14.2. The van der Waals surface area contributed by atoms with E-state index in [1.165, 1.54) is 0 Å². The van der Waals surface area contributed by atoms with Crippen LogP contribution in [-0.4, -0.2) is 23.0 Å². The van der Waals surface area contributed by atoms with Gasteiger partial charge in [0.2, 0.25) is 0 Å². The molecule has 1 aromatic heterocycles. The number of carbonyl (C=O) groups is 1. The molecule has 0 amide bonds. The van der Waals surface area contributed by atoms with Crippen LogP contribution in [0.15, 0.2) is 18.3 Å². The molecule has 0 aliphatic rings. The van der Waals surface area contributed by atoms with Crippen molar-refractivity contribution in [2.45, 2.75) is 6.42 Å². The van der Waals surface area contributed by atoms with Gasteiger partial charge in [-0.3, -0.25) is 9.78 Å². The number of pyridine rings is 1. The molecule has 0 aliphatic carbocycles. The van der Waals surface area contributed by atoms with Gasteiger partial charge in [-0.05, 0) is 18.1 Å². The van der Waals surface area contributed by atoms with Crippen LogP contribution >= 0.6 is 0 Å². The molecule has 0 aromatic carbocycles. The minimum atomic E-state index is 0.0481. The second kappa shape index (κ2) is 3.83. The van der Waals surface area contributed by atoms with Crippen LogP contribution in [0.1, 0.15) is 16.1 Å². The molecule has 0 atom stereocenters. The van der Waals surface area contributed by atoms with E-state index in [1.807, 2.05) is 0 Å². The highest BCUT2D eigenvalue weighted by molar-refractivity contribution is 5.73. The fourth-order valence-electron chi connectivity index (χ4n) is 0.889. The zero-order valence-corrected chi connectivity index (χ0v) is 6.03. The second-order valence-electron chi connectivity index (χ2n) is 2.14. The Kier molecular flexibility index (Phi) is 2.74. The largest absolute Gasteiger partial charge is 0.396 e.